The summed E-state index contributed by atoms with van der Waals surface area (Å²) in [5.41, 5.74) is 1.62. The molecule has 20 heavy (non-hydrogen) atoms. The van der Waals surface area contributed by atoms with E-state index in [0.29, 0.717) is 18.0 Å². The molecule has 0 amide bonds. The smallest absolute Gasteiger partial charge is 0.269 e. The predicted molar refractivity (Wildman–Crippen MR) is 80.6 cm³/mol. The lowest BCUT2D eigenvalue weighted by atomic mass is 9.85. The maximum Gasteiger partial charge on any atom is 0.269 e. The quantitative estimate of drug-likeness (QED) is 0.513. The number of hydrogen-bond donors (Lipinski definition) is 1. The fourth-order valence-electron chi connectivity index (χ4n) is 2.91. The van der Waals surface area contributed by atoms with Crippen LogP contribution in [0.5, 0.6) is 0 Å². The van der Waals surface area contributed by atoms with Gasteiger partial charge < -0.3 is 5.32 Å². The molecule has 110 valence electrons. The molecule has 2 rings (SSSR count). The first-order valence-electron chi connectivity index (χ1n) is 7.43. The standard InChI is InChI=1S/C16H24N2O2/c1-16(2)9-4-6-14(8-10-16)17-12-13-5-3-7-15(11-13)18(19)20/h3,5,7,11,14,17H,4,6,8-10,12H2,1-2H3. The van der Waals surface area contributed by atoms with Crippen molar-refractivity contribution in [2.75, 3.05) is 0 Å². The SMILES string of the molecule is CC1(C)CCCC(NCc2cccc([N+](=O)[O-])c2)CC1. The number of benzene rings is 1. The van der Waals surface area contributed by atoms with Crippen molar-refractivity contribution in [1.82, 2.24) is 5.32 Å². The minimum atomic E-state index is -0.336. The Morgan fingerprint density at radius 1 is 1.35 bits per heavy atom. The lowest BCUT2D eigenvalue weighted by molar-refractivity contribution is -0.384. The molecule has 4 nitrogen and oxygen atoms in total. The van der Waals surface area contributed by atoms with Gasteiger partial charge >= 0.3 is 0 Å². The van der Waals surface area contributed by atoms with Gasteiger partial charge in [-0.05, 0) is 36.7 Å². The molecule has 0 aromatic heterocycles. The molecule has 1 unspecified atom stereocenters. The molecule has 1 N–H and O–H groups in total. The number of hydrogen-bond acceptors (Lipinski definition) is 3. The minimum Gasteiger partial charge on any atom is -0.310 e. The van der Waals surface area contributed by atoms with Crippen LogP contribution in [0.4, 0.5) is 5.69 Å². The van der Waals surface area contributed by atoms with Crippen LogP contribution in [0.1, 0.15) is 51.5 Å². The third-order valence-electron chi connectivity index (χ3n) is 4.29. The van der Waals surface area contributed by atoms with Gasteiger partial charge in [-0.1, -0.05) is 32.4 Å². The number of non-ortho nitro benzene ring substituents is 1. The Labute approximate surface area is 120 Å². The average Bonchev–Trinajstić information content (AvgIpc) is 2.58. The highest BCUT2D eigenvalue weighted by atomic mass is 16.6. The Balaban J connectivity index is 1.89. The first kappa shape index (κ1) is 15.0. The van der Waals surface area contributed by atoms with E-state index in [0.717, 1.165) is 5.56 Å². The third-order valence-corrected chi connectivity index (χ3v) is 4.29. The van der Waals surface area contributed by atoms with Gasteiger partial charge in [0, 0.05) is 24.7 Å². The molecule has 0 heterocycles. The second-order valence-corrected chi connectivity index (χ2v) is 6.60. The van der Waals surface area contributed by atoms with Crippen molar-refractivity contribution in [3.05, 3.63) is 39.9 Å². The number of nitro benzene ring substituents is 1. The summed E-state index contributed by atoms with van der Waals surface area (Å²) in [4.78, 5) is 10.4. The second kappa shape index (κ2) is 6.35. The highest BCUT2D eigenvalue weighted by molar-refractivity contribution is 5.34. The third kappa shape index (κ3) is 4.30. The van der Waals surface area contributed by atoms with E-state index in [-0.39, 0.29) is 10.6 Å². The van der Waals surface area contributed by atoms with Gasteiger partial charge in [0.15, 0.2) is 0 Å². The monoisotopic (exact) mass is 276 g/mol. The molecule has 1 fully saturated rings. The lowest BCUT2D eigenvalue weighted by Gasteiger charge is -2.22. The summed E-state index contributed by atoms with van der Waals surface area (Å²) in [6.07, 6.45) is 6.21. The minimum absolute atomic E-state index is 0.172. The zero-order valence-corrected chi connectivity index (χ0v) is 12.4. The molecule has 0 aliphatic heterocycles. The number of nitro groups is 1. The van der Waals surface area contributed by atoms with Crippen LogP contribution in [0, 0.1) is 15.5 Å². The first-order chi connectivity index (χ1) is 9.46. The molecule has 0 spiro atoms. The van der Waals surface area contributed by atoms with Crippen LogP contribution in [-0.2, 0) is 6.54 Å². The Hall–Kier alpha value is -1.42. The summed E-state index contributed by atoms with van der Waals surface area (Å²) >= 11 is 0. The average molecular weight is 276 g/mol. The van der Waals surface area contributed by atoms with E-state index in [1.807, 2.05) is 6.07 Å². The predicted octanol–water partition coefficient (Wildman–Crippen LogP) is 4.04. The first-order valence-corrected chi connectivity index (χ1v) is 7.43. The topological polar surface area (TPSA) is 55.2 Å². The molecule has 4 heteroatoms. The van der Waals surface area contributed by atoms with Crippen molar-refractivity contribution in [1.29, 1.82) is 0 Å². The zero-order valence-electron chi connectivity index (χ0n) is 12.4. The fraction of sp³-hybridized carbons (Fsp3) is 0.625. The summed E-state index contributed by atoms with van der Waals surface area (Å²) in [5.74, 6) is 0. The summed E-state index contributed by atoms with van der Waals surface area (Å²) in [6.45, 7) is 5.40. The van der Waals surface area contributed by atoms with Crippen LogP contribution in [0.15, 0.2) is 24.3 Å². The van der Waals surface area contributed by atoms with Gasteiger partial charge in [0.1, 0.15) is 0 Å². The largest absolute Gasteiger partial charge is 0.310 e. The molecule has 1 aliphatic rings. The van der Waals surface area contributed by atoms with E-state index in [9.17, 15) is 10.1 Å². The van der Waals surface area contributed by atoms with E-state index in [1.54, 1.807) is 12.1 Å². The van der Waals surface area contributed by atoms with Gasteiger partial charge in [0.05, 0.1) is 4.92 Å². The molecule has 1 atom stereocenters. The molecular formula is C16H24N2O2. The van der Waals surface area contributed by atoms with Crippen molar-refractivity contribution in [2.45, 2.75) is 58.5 Å². The van der Waals surface area contributed by atoms with Crippen molar-refractivity contribution < 1.29 is 4.92 Å². The lowest BCUT2D eigenvalue weighted by Crippen LogP contribution is -2.28. The highest BCUT2D eigenvalue weighted by Gasteiger charge is 2.23. The highest BCUT2D eigenvalue weighted by Crippen LogP contribution is 2.33. The summed E-state index contributed by atoms with van der Waals surface area (Å²) < 4.78 is 0. The number of nitrogens with one attached hydrogen (secondary N) is 1. The normalized spacial score (nSPS) is 22.2. The number of nitrogens with zero attached hydrogens (tertiary/aromatic N) is 1. The zero-order chi connectivity index (χ0) is 14.6. The molecule has 1 saturated carbocycles. The number of rotatable bonds is 4. The Morgan fingerprint density at radius 2 is 2.15 bits per heavy atom. The van der Waals surface area contributed by atoms with Gasteiger partial charge in [-0.15, -0.1) is 0 Å². The van der Waals surface area contributed by atoms with Gasteiger partial charge in [-0.25, -0.2) is 0 Å². The fourth-order valence-corrected chi connectivity index (χ4v) is 2.91. The summed E-state index contributed by atoms with van der Waals surface area (Å²) in [5, 5.41) is 14.3. The molecule has 0 radical (unpaired) electrons. The van der Waals surface area contributed by atoms with Crippen molar-refractivity contribution in [2.24, 2.45) is 5.41 Å². The van der Waals surface area contributed by atoms with E-state index in [4.69, 9.17) is 0 Å². The maximum absolute atomic E-state index is 10.8. The molecule has 1 aromatic rings. The van der Waals surface area contributed by atoms with E-state index < -0.39 is 0 Å². The van der Waals surface area contributed by atoms with Crippen LogP contribution in [0.25, 0.3) is 0 Å². The summed E-state index contributed by atoms with van der Waals surface area (Å²) in [6, 6.07) is 7.44. The van der Waals surface area contributed by atoms with E-state index in [2.05, 4.69) is 19.2 Å². The Bertz CT molecular complexity index is 471. The van der Waals surface area contributed by atoms with E-state index in [1.165, 1.54) is 38.2 Å². The van der Waals surface area contributed by atoms with Crippen LogP contribution in [0.3, 0.4) is 0 Å². The molecule has 1 aromatic carbocycles. The molecule has 0 saturated heterocycles. The van der Waals surface area contributed by atoms with Crippen molar-refractivity contribution in [3.63, 3.8) is 0 Å². The second-order valence-electron chi connectivity index (χ2n) is 6.60. The van der Waals surface area contributed by atoms with Gasteiger partial charge in [0.25, 0.3) is 5.69 Å². The molecule has 0 bridgehead atoms. The molecule has 1 aliphatic carbocycles. The molecular weight excluding hydrogens is 252 g/mol. The van der Waals surface area contributed by atoms with Crippen LogP contribution in [0.2, 0.25) is 0 Å². The Kier molecular flexibility index (Phi) is 4.76. The Morgan fingerprint density at radius 3 is 2.90 bits per heavy atom. The van der Waals surface area contributed by atoms with Crippen molar-refractivity contribution >= 4 is 5.69 Å². The van der Waals surface area contributed by atoms with Crippen LogP contribution in [-0.4, -0.2) is 11.0 Å². The van der Waals surface area contributed by atoms with Crippen LogP contribution >= 0.6 is 0 Å². The van der Waals surface area contributed by atoms with Gasteiger partial charge in [0.2, 0.25) is 0 Å². The van der Waals surface area contributed by atoms with Gasteiger partial charge in [-0.3, -0.25) is 10.1 Å². The van der Waals surface area contributed by atoms with Crippen molar-refractivity contribution in [3.8, 4) is 0 Å². The van der Waals surface area contributed by atoms with E-state index >= 15 is 0 Å². The van der Waals surface area contributed by atoms with Crippen LogP contribution < -0.4 is 5.32 Å². The maximum atomic E-state index is 10.8. The van der Waals surface area contributed by atoms with Gasteiger partial charge in [-0.2, -0.15) is 0 Å². The summed E-state index contributed by atoms with van der Waals surface area (Å²) in [7, 11) is 0.